The number of benzene rings is 7. The highest BCUT2D eigenvalue weighted by Gasteiger charge is 2.24. The summed E-state index contributed by atoms with van der Waals surface area (Å²) >= 11 is 0. The smallest absolute Gasteiger partial charge is 0.179 e. The molecule has 0 saturated heterocycles. The lowest BCUT2D eigenvalue weighted by Gasteiger charge is -2.17. The third-order valence-electron chi connectivity index (χ3n) is 10.3. The van der Waals surface area contributed by atoms with E-state index in [1.54, 1.807) is 0 Å². The van der Waals surface area contributed by atoms with Crippen LogP contribution >= 0.6 is 0 Å². The molecular weight excluding hydrogens is 613 g/mol. The van der Waals surface area contributed by atoms with Gasteiger partial charge in [-0.1, -0.05) is 127 Å². The van der Waals surface area contributed by atoms with E-state index in [4.69, 9.17) is 18.8 Å². The second-order valence-corrected chi connectivity index (χ2v) is 13.1. The van der Waals surface area contributed by atoms with E-state index >= 15 is 0 Å². The molecule has 234 valence electrons. The summed E-state index contributed by atoms with van der Waals surface area (Å²) in [5.74, 6) is 1.63. The molecular formula is C46H28N2O2. The molecule has 0 amide bonds. The molecule has 4 heteroatoms. The van der Waals surface area contributed by atoms with E-state index in [0.717, 1.165) is 90.5 Å². The Labute approximate surface area is 286 Å². The summed E-state index contributed by atoms with van der Waals surface area (Å²) in [5.41, 5.74) is 9.27. The Morgan fingerprint density at radius 1 is 0.500 bits per heavy atom. The fourth-order valence-electron chi connectivity index (χ4n) is 8.07. The van der Waals surface area contributed by atoms with Crippen molar-refractivity contribution in [3.8, 4) is 33.8 Å². The predicted octanol–water partition coefficient (Wildman–Crippen LogP) is 12.5. The molecule has 0 unspecified atom stereocenters. The number of hydrogen-bond donors (Lipinski definition) is 0. The summed E-state index contributed by atoms with van der Waals surface area (Å²) in [6.45, 7) is 0. The van der Waals surface area contributed by atoms with Crippen molar-refractivity contribution in [1.82, 2.24) is 9.97 Å². The van der Waals surface area contributed by atoms with Gasteiger partial charge < -0.3 is 8.83 Å². The van der Waals surface area contributed by atoms with Gasteiger partial charge in [-0.2, -0.15) is 0 Å². The van der Waals surface area contributed by atoms with Crippen LogP contribution in [0, 0.1) is 0 Å². The van der Waals surface area contributed by atoms with Crippen LogP contribution in [0.2, 0.25) is 0 Å². The van der Waals surface area contributed by atoms with Crippen molar-refractivity contribution in [3.05, 3.63) is 151 Å². The highest BCUT2D eigenvalue weighted by molar-refractivity contribution is 6.30. The Bertz CT molecular complexity index is 3040. The minimum Gasteiger partial charge on any atom is -0.456 e. The average Bonchev–Trinajstić information content (AvgIpc) is 3.76. The van der Waals surface area contributed by atoms with Gasteiger partial charge in [0.05, 0.1) is 0 Å². The minimum absolute atomic E-state index is 0.663. The molecule has 1 aliphatic carbocycles. The second kappa shape index (κ2) is 10.5. The van der Waals surface area contributed by atoms with Gasteiger partial charge in [0.1, 0.15) is 28.1 Å². The highest BCUT2D eigenvalue weighted by Crippen LogP contribution is 2.46. The van der Waals surface area contributed by atoms with Crippen LogP contribution in [0.4, 0.5) is 0 Å². The molecule has 3 aromatic heterocycles. The molecule has 0 radical (unpaired) electrons. The fourth-order valence-corrected chi connectivity index (χ4v) is 8.07. The maximum Gasteiger partial charge on any atom is 0.179 e. The monoisotopic (exact) mass is 640 g/mol. The predicted molar refractivity (Wildman–Crippen MR) is 205 cm³/mol. The standard InChI is InChI=1S/C46H28N2O2/c1-2-13-27(14-3-1)42-45-43(36-20-9-11-24-40(36)50-45)48-46(47-42)28-25-37-31-17-5-4-15-29(31)30-16-6-7-19-33(30)41(37)38(26-28)35-22-12-21-34-32-18-8-10-23-39(32)49-44(34)35/h1-10,12-23,25-26H,11,24H2. The summed E-state index contributed by atoms with van der Waals surface area (Å²) in [4.78, 5) is 10.6. The number of rotatable bonds is 3. The van der Waals surface area contributed by atoms with Crippen LogP contribution in [0.1, 0.15) is 17.7 Å². The lowest BCUT2D eigenvalue weighted by atomic mass is 9.87. The summed E-state index contributed by atoms with van der Waals surface area (Å²) in [6.07, 6.45) is 6.17. The molecule has 0 N–H and O–H groups in total. The first-order valence-electron chi connectivity index (χ1n) is 17.1. The Balaban J connectivity index is 1.30. The number of hydrogen-bond acceptors (Lipinski definition) is 4. The zero-order valence-corrected chi connectivity index (χ0v) is 27.0. The maximum atomic E-state index is 6.67. The van der Waals surface area contributed by atoms with E-state index in [-0.39, 0.29) is 0 Å². The summed E-state index contributed by atoms with van der Waals surface area (Å²) in [6, 6.07) is 47.1. The number of para-hydroxylation sites is 2. The van der Waals surface area contributed by atoms with Gasteiger partial charge in [-0.25, -0.2) is 9.97 Å². The zero-order chi connectivity index (χ0) is 32.8. The van der Waals surface area contributed by atoms with E-state index < -0.39 is 0 Å². The topological polar surface area (TPSA) is 52.1 Å². The van der Waals surface area contributed by atoms with E-state index in [9.17, 15) is 0 Å². The van der Waals surface area contributed by atoms with Gasteiger partial charge in [0.15, 0.2) is 11.4 Å². The first kappa shape index (κ1) is 27.4. The van der Waals surface area contributed by atoms with Crippen molar-refractivity contribution in [1.29, 1.82) is 0 Å². The third-order valence-corrected chi connectivity index (χ3v) is 10.3. The first-order valence-corrected chi connectivity index (χ1v) is 17.1. The average molecular weight is 641 g/mol. The van der Waals surface area contributed by atoms with Crippen LogP contribution < -0.4 is 0 Å². The number of aromatic nitrogens is 2. The normalized spacial score (nSPS) is 13.0. The van der Waals surface area contributed by atoms with Crippen LogP contribution in [-0.2, 0) is 6.42 Å². The summed E-state index contributed by atoms with van der Waals surface area (Å²) in [5, 5.41) is 9.38. The third kappa shape index (κ3) is 3.93. The molecule has 10 aromatic rings. The molecule has 4 nitrogen and oxygen atoms in total. The number of nitrogens with zero attached hydrogens (tertiary/aromatic N) is 2. The lowest BCUT2D eigenvalue weighted by Crippen LogP contribution is -1.96. The second-order valence-electron chi connectivity index (χ2n) is 13.1. The van der Waals surface area contributed by atoms with Gasteiger partial charge >= 0.3 is 0 Å². The van der Waals surface area contributed by atoms with Gasteiger partial charge in [0.25, 0.3) is 0 Å². The van der Waals surface area contributed by atoms with Crippen LogP contribution in [0.15, 0.2) is 148 Å². The van der Waals surface area contributed by atoms with Crippen LogP contribution in [-0.4, -0.2) is 9.97 Å². The lowest BCUT2D eigenvalue weighted by molar-refractivity contribution is 0.546. The molecule has 50 heavy (non-hydrogen) atoms. The maximum absolute atomic E-state index is 6.67. The van der Waals surface area contributed by atoms with E-state index in [1.807, 2.05) is 30.3 Å². The fraction of sp³-hybridized carbons (Fsp3) is 0.0435. The van der Waals surface area contributed by atoms with Crippen molar-refractivity contribution in [2.45, 2.75) is 12.8 Å². The molecule has 0 fully saturated rings. The van der Waals surface area contributed by atoms with Crippen molar-refractivity contribution >= 4 is 71.4 Å². The Morgan fingerprint density at radius 3 is 2.04 bits per heavy atom. The number of aryl methyl sites for hydroxylation is 1. The van der Waals surface area contributed by atoms with Crippen LogP contribution in [0.3, 0.4) is 0 Å². The van der Waals surface area contributed by atoms with Gasteiger partial charge in [0, 0.05) is 39.4 Å². The molecule has 0 atom stereocenters. The number of furan rings is 2. The van der Waals surface area contributed by atoms with Crippen molar-refractivity contribution in [2.75, 3.05) is 0 Å². The van der Waals surface area contributed by atoms with E-state index in [0.29, 0.717) is 5.82 Å². The molecule has 0 spiro atoms. The zero-order valence-electron chi connectivity index (χ0n) is 27.0. The number of fused-ring (bicyclic) bond motifs is 12. The van der Waals surface area contributed by atoms with Crippen molar-refractivity contribution in [3.63, 3.8) is 0 Å². The molecule has 3 heterocycles. The Hall–Kier alpha value is -6.52. The van der Waals surface area contributed by atoms with Gasteiger partial charge in [0.2, 0.25) is 0 Å². The van der Waals surface area contributed by atoms with Crippen LogP contribution in [0.5, 0.6) is 0 Å². The molecule has 0 saturated carbocycles. The highest BCUT2D eigenvalue weighted by atomic mass is 16.3. The quantitative estimate of drug-likeness (QED) is 0.180. The van der Waals surface area contributed by atoms with Crippen molar-refractivity contribution in [2.24, 2.45) is 0 Å². The van der Waals surface area contributed by atoms with Gasteiger partial charge in [-0.3, -0.25) is 0 Å². The Kier molecular flexibility index (Phi) is 5.75. The molecule has 7 aromatic carbocycles. The van der Waals surface area contributed by atoms with Crippen molar-refractivity contribution < 1.29 is 8.83 Å². The number of allylic oxidation sites excluding steroid dienone is 1. The molecule has 0 bridgehead atoms. The van der Waals surface area contributed by atoms with Gasteiger partial charge in [-0.05, 0) is 62.5 Å². The SMILES string of the molecule is C1=Cc2c(oc3c(-c4ccccc4)nc(-c4cc(-c5cccc6c5oc5ccccc56)c5c6ccccc6c6ccccc6c5c4)nc23)CC1. The largest absolute Gasteiger partial charge is 0.456 e. The Morgan fingerprint density at radius 2 is 1.20 bits per heavy atom. The summed E-state index contributed by atoms with van der Waals surface area (Å²) in [7, 11) is 0. The molecule has 0 aliphatic heterocycles. The van der Waals surface area contributed by atoms with Gasteiger partial charge in [-0.15, -0.1) is 0 Å². The molecule has 11 rings (SSSR count). The van der Waals surface area contributed by atoms with E-state index in [2.05, 4.69) is 115 Å². The first-order chi connectivity index (χ1) is 24.8. The summed E-state index contributed by atoms with van der Waals surface area (Å²) < 4.78 is 13.2. The minimum atomic E-state index is 0.663. The molecule has 1 aliphatic rings. The van der Waals surface area contributed by atoms with E-state index in [1.165, 1.54) is 26.9 Å². The van der Waals surface area contributed by atoms with Crippen LogP contribution in [0.25, 0.3) is 105 Å².